The zero-order valence-corrected chi connectivity index (χ0v) is 13.1. The monoisotopic (exact) mass is 347 g/mol. The van der Waals surface area contributed by atoms with Crippen molar-refractivity contribution in [3.8, 4) is 0 Å². The lowest BCUT2D eigenvalue weighted by Crippen LogP contribution is -2.16. The summed E-state index contributed by atoms with van der Waals surface area (Å²) >= 11 is 5.21. The van der Waals surface area contributed by atoms with Gasteiger partial charge in [-0.25, -0.2) is 4.98 Å². The van der Waals surface area contributed by atoms with Gasteiger partial charge in [0.05, 0.1) is 30.8 Å². The molecular formula is C15H14BrN3S. The van der Waals surface area contributed by atoms with Gasteiger partial charge in [0.25, 0.3) is 0 Å². The molecular weight excluding hydrogens is 334 g/mol. The molecule has 0 aliphatic heterocycles. The molecule has 0 fully saturated rings. The van der Waals surface area contributed by atoms with E-state index in [-0.39, 0.29) is 6.04 Å². The van der Waals surface area contributed by atoms with Crippen molar-refractivity contribution < 1.29 is 0 Å². The molecule has 0 amide bonds. The Morgan fingerprint density at radius 1 is 1.30 bits per heavy atom. The normalized spacial score (nSPS) is 12.5. The van der Waals surface area contributed by atoms with Crippen LogP contribution in [0.3, 0.4) is 0 Å². The Hall–Kier alpha value is -1.43. The number of halogens is 1. The number of rotatable bonds is 4. The van der Waals surface area contributed by atoms with E-state index >= 15 is 0 Å². The molecule has 3 nitrogen and oxygen atoms in total. The summed E-state index contributed by atoms with van der Waals surface area (Å²) in [7, 11) is 0. The van der Waals surface area contributed by atoms with E-state index in [1.165, 1.54) is 4.88 Å². The van der Waals surface area contributed by atoms with Gasteiger partial charge in [0.2, 0.25) is 0 Å². The number of hydrogen-bond acceptors (Lipinski definition) is 3. The predicted molar refractivity (Wildman–Crippen MR) is 85.8 cm³/mol. The number of thiophene rings is 1. The van der Waals surface area contributed by atoms with Gasteiger partial charge in [0.15, 0.2) is 0 Å². The van der Waals surface area contributed by atoms with Gasteiger partial charge in [-0.3, -0.25) is 0 Å². The number of nitrogens with zero attached hydrogens (tertiary/aromatic N) is 2. The minimum Gasteiger partial charge on any atom is -0.328 e. The predicted octanol–water partition coefficient (Wildman–Crippen LogP) is 3.80. The van der Waals surface area contributed by atoms with Gasteiger partial charge in [0, 0.05) is 14.7 Å². The van der Waals surface area contributed by atoms with Crippen LogP contribution in [0.15, 0.2) is 58.8 Å². The van der Waals surface area contributed by atoms with E-state index in [0.717, 1.165) is 22.3 Å². The van der Waals surface area contributed by atoms with Crippen molar-refractivity contribution in [3.63, 3.8) is 0 Å². The van der Waals surface area contributed by atoms with E-state index in [1.54, 1.807) is 11.3 Å². The van der Waals surface area contributed by atoms with Crippen molar-refractivity contribution in [2.24, 2.45) is 5.73 Å². The first-order valence-electron chi connectivity index (χ1n) is 6.27. The van der Waals surface area contributed by atoms with E-state index < -0.39 is 0 Å². The minimum absolute atomic E-state index is 0.151. The number of imidazole rings is 1. The quantitative estimate of drug-likeness (QED) is 0.779. The Morgan fingerprint density at radius 3 is 2.80 bits per heavy atom. The number of hydrogen-bond donors (Lipinski definition) is 1. The van der Waals surface area contributed by atoms with Gasteiger partial charge in [-0.1, -0.05) is 30.3 Å². The molecule has 0 radical (unpaired) electrons. The minimum atomic E-state index is -0.151. The molecule has 0 saturated carbocycles. The maximum atomic E-state index is 6.35. The molecule has 2 aromatic heterocycles. The van der Waals surface area contributed by atoms with E-state index in [0.29, 0.717) is 0 Å². The Morgan fingerprint density at radius 2 is 2.10 bits per heavy atom. The summed E-state index contributed by atoms with van der Waals surface area (Å²) in [5.74, 6) is 0. The zero-order chi connectivity index (χ0) is 13.9. The van der Waals surface area contributed by atoms with Gasteiger partial charge >= 0.3 is 0 Å². The highest BCUT2D eigenvalue weighted by atomic mass is 79.9. The number of benzene rings is 1. The summed E-state index contributed by atoms with van der Waals surface area (Å²) in [6, 6.07) is 12.1. The van der Waals surface area contributed by atoms with Crippen LogP contribution in [0.1, 0.15) is 22.2 Å². The van der Waals surface area contributed by atoms with Crippen LogP contribution in [-0.2, 0) is 6.54 Å². The first-order chi connectivity index (χ1) is 9.74. The maximum Gasteiger partial charge on any atom is 0.0952 e. The van der Waals surface area contributed by atoms with Gasteiger partial charge in [-0.2, -0.15) is 0 Å². The van der Waals surface area contributed by atoms with Crippen LogP contribution in [0.5, 0.6) is 0 Å². The fourth-order valence-corrected chi connectivity index (χ4v) is 3.61. The molecule has 102 valence electrons. The van der Waals surface area contributed by atoms with Crippen molar-refractivity contribution in [3.05, 3.63) is 74.9 Å². The molecule has 20 heavy (non-hydrogen) atoms. The molecule has 2 N–H and O–H groups in total. The maximum absolute atomic E-state index is 6.35. The third-order valence-corrected chi connectivity index (χ3v) is 4.85. The third-order valence-electron chi connectivity index (χ3n) is 3.17. The summed E-state index contributed by atoms with van der Waals surface area (Å²) in [5.41, 5.74) is 8.48. The highest BCUT2D eigenvalue weighted by Crippen LogP contribution is 2.23. The lowest BCUT2D eigenvalue weighted by atomic mass is 10.1. The van der Waals surface area contributed by atoms with Crippen LogP contribution in [-0.4, -0.2) is 9.55 Å². The van der Waals surface area contributed by atoms with E-state index in [1.807, 2.05) is 42.9 Å². The van der Waals surface area contributed by atoms with Crippen molar-refractivity contribution in [1.82, 2.24) is 9.55 Å². The first-order valence-corrected chi connectivity index (χ1v) is 7.95. The second-order valence-corrected chi connectivity index (χ2v) is 6.48. The topological polar surface area (TPSA) is 43.8 Å². The molecule has 1 atom stereocenters. The Kier molecular flexibility index (Phi) is 4.00. The Balaban J connectivity index is 1.86. The largest absolute Gasteiger partial charge is 0.328 e. The van der Waals surface area contributed by atoms with Crippen LogP contribution < -0.4 is 5.73 Å². The molecule has 1 aromatic carbocycles. The van der Waals surface area contributed by atoms with Gasteiger partial charge in [-0.15, -0.1) is 11.3 Å². The highest BCUT2D eigenvalue weighted by Gasteiger charge is 2.14. The van der Waals surface area contributed by atoms with Crippen molar-refractivity contribution >= 4 is 27.3 Å². The van der Waals surface area contributed by atoms with Crippen molar-refractivity contribution in [1.29, 1.82) is 0 Å². The summed E-state index contributed by atoms with van der Waals surface area (Å²) in [4.78, 5) is 5.52. The Bertz CT molecular complexity index is 690. The lowest BCUT2D eigenvalue weighted by Gasteiger charge is -2.14. The van der Waals surface area contributed by atoms with E-state index in [4.69, 9.17) is 5.73 Å². The molecule has 0 aliphatic rings. The SMILES string of the molecule is NC(c1ccccc1)c1cncn1Cc1cc(Br)cs1. The van der Waals surface area contributed by atoms with Crippen LogP contribution in [0, 0.1) is 0 Å². The molecule has 0 bridgehead atoms. The molecule has 0 aliphatic carbocycles. The second kappa shape index (κ2) is 5.91. The fraction of sp³-hybridized carbons (Fsp3) is 0.133. The molecule has 5 heteroatoms. The molecule has 0 spiro atoms. The smallest absolute Gasteiger partial charge is 0.0952 e. The van der Waals surface area contributed by atoms with Crippen LogP contribution in [0.4, 0.5) is 0 Å². The molecule has 0 saturated heterocycles. The average Bonchev–Trinajstić information content (AvgIpc) is 3.09. The summed E-state index contributed by atoms with van der Waals surface area (Å²) in [5, 5.41) is 2.09. The van der Waals surface area contributed by atoms with Crippen molar-refractivity contribution in [2.45, 2.75) is 12.6 Å². The van der Waals surface area contributed by atoms with E-state index in [9.17, 15) is 0 Å². The molecule has 3 aromatic rings. The van der Waals surface area contributed by atoms with Crippen LogP contribution >= 0.6 is 27.3 Å². The fourth-order valence-electron chi connectivity index (χ4n) is 2.16. The highest BCUT2D eigenvalue weighted by molar-refractivity contribution is 9.10. The van der Waals surface area contributed by atoms with Gasteiger partial charge in [0.1, 0.15) is 0 Å². The van der Waals surface area contributed by atoms with Crippen LogP contribution in [0.2, 0.25) is 0 Å². The van der Waals surface area contributed by atoms with Gasteiger partial charge in [-0.05, 0) is 27.6 Å². The number of aromatic nitrogens is 2. The second-order valence-electron chi connectivity index (χ2n) is 4.57. The summed E-state index contributed by atoms with van der Waals surface area (Å²) in [6.07, 6.45) is 3.69. The summed E-state index contributed by atoms with van der Waals surface area (Å²) < 4.78 is 3.22. The number of nitrogens with two attached hydrogens (primary N) is 1. The standard InChI is InChI=1S/C15H14BrN3S/c16-12-6-13(20-9-12)8-19-10-18-7-14(19)15(17)11-4-2-1-3-5-11/h1-7,9-10,15H,8,17H2. The van der Waals surface area contributed by atoms with E-state index in [2.05, 4.69) is 36.9 Å². The van der Waals surface area contributed by atoms with Crippen LogP contribution in [0.25, 0.3) is 0 Å². The lowest BCUT2D eigenvalue weighted by molar-refractivity contribution is 0.701. The molecule has 1 unspecified atom stereocenters. The average molecular weight is 348 g/mol. The third kappa shape index (κ3) is 2.85. The molecule has 2 heterocycles. The van der Waals surface area contributed by atoms with Crippen molar-refractivity contribution in [2.75, 3.05) is 0 Å². The Labute approximate surface area is 130 Å². The van der Waals surface area contributed by atoms with Gasteiger partial charge < -0.3 is 10.3 Å². The first kappa shape index (κ1) is 13.5. The summed E-state index contributed by atoms with van der Waals surface area (Å²) in [6.45, 7) is 0.798. The molecule has 3 rings (SSSR count). The zero-order valence-electron chi connectivity index (χ0n) is 10.7.